The fourth-order valence-electron chi connectivity index (χ4n) is 1.26. The van der Waals surface area contributed by atoms with Gasteiger partial charge >= 0.3 is 0 Å². The van der Waals surface area contributed by atoms with E-state index in [2.05, 4.69) is 31.6 Å². The van der Waals surface area contributed by atoms with Gasteiger partial charge in [0, 0.05) is 26.1 Å². The maximum atomic E-state index is 11.8. The van der Waals surface area contributed by atoms with Crippen LogP contribution in [0.15, 0.2) is 4.60 Å². The van der Waals surface area contributed by atoms with Crippen LogP contribution in [0.1, 0.15) is 10.5 Å². The molecule has 2 heterocycles. The topological polar surface area (TPSA) is 59.8 Å². The molecule has 1 saturated heterocycles. The lowest BCUT2D eigenvalue weighted by Crippen LogP contribution is -2.47. The minimum atomic E-state index is 0.0912. The Morgan fingerprint density at radius 1 is 1.69 bits per heavy atom. The summed E-state index contributed by atoms with van der Waals surface area (Å²) in [5.41, 5.74) is 0.562. The van der Waals surface area contributed by atoms with E-state index < -0.39 is 0 Å². The molecule has 70 valence electrons. The molecule has 5 nitrogen and oxygen atoms in total. The molecule has 0 radical (unpaired) electrons. The summed E-state index contributed by atoms with van der Waals surface area (Å²) in [5.74, 6) is 0.201. The second-order valence-corrected chi connectivity index (χ2v) is 3.82. The van der Waals surface area contributed by atoms with Crippen molar-refractivity contribution in [3.63, 3.8) is 0 Å². The molecule has 6 heteroatoms. The van der Waals surface area contributed by atoms with E-state index >= 15 is 0 Å². The molecule has 0 unspecified atom stereocenters. The minimum absolute atomic E-state index is 0.0912. The number of carbonyl (C=O) groups excluding carboxylic acids is 1. The third kappa shape index (κ3) is 1.40. The summed E-state index contributed by atoms with van der Waals surface area (Å²) in [6.07, 6.45) is 0. The quantitative estimate of drug-likeness (QED) is 0.744. The lowest BCUT2D eigenvalue weighted by atomic mass is 9.96. The van der Waals surface area contributed by atoms with Crippen LogP contribution >= 0.6 is 15.9 Å². The van der Waals surface area contributed by atoms with Crippen molar-refractivity contribution in [2.45, 2.75) is 0 Å². The molecular weight excluding hydrogens is 236 g/mol. The summed E-state index contributed by atoms with van der Waals surface area (Å²) in [5, 5.41) is 10.6. The van der Waals surface area contributed by atoms with Gasteiger partial charge < -0.3 is 5.32 Å². The molecule has 0 amide bonds. The number of rotatable bonds is 2. The summed E-state index contributed by atoms with van der Waals surface area (Å²) >= 11 is 3.20. The molecule has 2 rings (SSSR count). The first-order valence-corrected chi connectivity index (χ1v) is 4.79. The van der Waals surface area contributed by atoms with Crippen LogP contribution in [0.3, 0.4) is 0 Å². The minimum Gasteiger partial charge on any atom is -0.315 e. The number of Topliss-reactive ketones (excluding diaryl/α,β-unsaturated/α-hetero) is 1. The Balaban J connectivity index is 2.28. The lowest BCUT2D eigenvalue weighted by molar-refractivity contribution is 0.0867. The number of halogens is 1. The van der Waals surface area contributed by atoms with Gasteiger partial charge in [-0.2, -0.15) is 0 Å². The Hall–Kier alpha value is -0.750. The molecule has 1 aromatic heterocycles. The molecule has 13 heavy (non-hydrogen) atoms. The van der Waals surface area contributed by atoms with E-state index in [1.807, 2.05) is 0 Å². The summed E-state index contributed by atoms with van der Waals surface area (Å²) in [6, 6.07) is 0. The standard InChI is InChI=1S/C7H9BrN4O/c1-12-5(7(8)10-11-12)6(13)4-2-9-3-4/h4,9H,2-3H2,1H3. The largest absolute Gasteiger partial charge is 0.315 e. The molecule has 1 aliphatic rings. The SMILES string of the molecule is Cn1nnc(Br)c1C(=O)C1CNC1. The molecule has 0 saturated carbocycles. The monoisotopic (exact) mass is 244 g/mol. The number of nitrogens with one attached hydrogen (secondary N) is 1. The molecule has 1 aliphatic heterocycles. The van der Waals surface area contributed by atoms with Crippen LogP contribution in [0.5, 0.6) is 0 Å². The third-order valence-electron chi connectivity index (χ3n) is 2.17. The van der Waals surface area contributed by atoms with Gasteiger partial charge in [0.25, 0.3) is 0 Å². The molecule has 0 atom stereocenters. The van der Waals surface area contributed by atoms with Crippen LogP contribution in [0.2, 0.25) is 0 Å². The van der Waals surface area contributed by atoms with E-state index in [4.69, 9.17) is 0 Å². The summed E-state index contributed by atoms with van der Waals surface area (Å²) in [4.78, 5) is 11.8. The highest BCUT2D eigenvalue weighted by Gasteiger charge is 2.29. The zero-order valence-corrected chi connectivity index (χ0v) is 8.71. The van der Waals surface area contributed by atoms with Crippen molar-refractivity contribution < 1.29 is 4.79 Å². The average molecular weight is 245 g/mol. The Morgan fingerprint density at radius 3 is 2.77 bits per heavy atom. The van der Waals surface area contributed by atoms with Gasteiger partial charge in [-0.3, -0.25) is 4.79 Å². The predicted octanol–water partition coefficient (Wildman–Crippen LogP) is -0.0203. The van der Waals surface area contributed by atoms with Crippen LogP contribution in [0.4, 0.5) is 0 Å². The molecular formula is C7H9BrN4O. The van der Waals surface area contributed by atoms with Gasteiger partial charge in [-0.1, -0.05) is 5.21 Å². The van der Waals surface area contributed by atoms with Crippen molar-refractivity contribution in [3.05, 3.63) is 10.3 Å². The first-order valence-electron chi connectivity index (χ1n) is 4.00. The van der Waals surface area contributed by atoms with E-state index in [0.29, 0.717) is 10.3 Å². The maximum Gasteiger partial charge on any atom is 0.189 e. The van der Waals surface area contributed by atoms with Gasteiger partial charge in [-0.05, 0) is 15.9 Å². The Bertz CT molecular complexity index is 325. The highest BCUT2D eigenvalue weighted by Crippen LogP contribution is 2.18. The van der Waals surface area contributed by atoms with Crippen LogP contribution in [-0.4, -0.2) is 33.9 Å². The summed E-state index contributed by atoms with van der Waals surface area (Å²) in [6.45, 7) is 1.52. The van der Waals surface area contributed by atoms with Gasteiger partial charge in [0.15, 0.2) is 10.4 Å². The van der Waals surface area contributed by atoms with E-state index in [0.717, 1.165) is 13.1 Å². The number of carbonyl (C=O) groups is 1. The van der Waals surface area contributed by atoms with Crippen LogP contribution in [0, 0.1) is 5.92 Å². The van der Waals surface area contributed by atoms with E-state index in [1.165, 1.54) is 4.68 Å². The Labute approximate surface area is 83.6 Å². The van der Waals surface area contributed by atoms with Crippen molar-refractivity contribution in [1.29, 1.82) is 0 Å². The zero-order valence-electron chi connectivity index (χ0n) is 7.12. The number of hydrogen-bond donors (Lipinski definition) is 1. The average Bonchev–Trinajstić information content (AvgIpc) is 2.27. The van der Waals surface area contributed by atoms with Crippen molar-refractivity contribution in [1.82, 2.24) is 20.3 Å². The molecule has 1 aromatic rings. The molecule has 1 fully saturated rings. The molecule has 0 spiro atoms. The molecule has 0 bridgehead atoms. The number of hydrogen-bond acceptors (Lipinski definition) is 4. The maximum absolute atomic E-state index is 11.8. The number of aryl methyl sites for hydroxylation is 1. The van der Waals surface area contributed by atoms with E-state index in [-0.39, 0.29) is 11.7 Å². The van der Waals surface area contributed by atoms with Crippen molar-refractivity contribution in [2.24, 2.45) is 13.0 Å². The fourth-order valence-corrected chi connectivity index (χ4v) is 1.78. The molecule has 1 N–H and O–H groups in total. The van der Waals surface area contributed by atoms with Crippen LogP contribution in [-0.2, 0) is 7.05 Å². The number of ketones is 1. The van der Waals surface area contributed by atoms with E-state index in [1.54, 1.807) is 7.05 Å². The van der Waals surface area contributed by atoms with Gasteiger partial charge in [0.1, 0.15) is 5.69 Å². The highest BCUT2D eigenvalue weighted by molar-refractivity contribution is 9.10. The number of aromatic nitrogens is 3. The Morgan fingerprint density at radius 2 is 2.38 bits per heavy atom. The molecule has 0 aliphatic carbocycles. The summed E-state index contributed by atoms with van der Waals surface area (Å²) < 4.78 is 2.04. The van der Waals surface area contributed by atoms with Gasteiger partial charge in [-0.25, -0.2) is 4.68 Å². The van der Waals surface area contributed by atoms with Crippen LogP contribution in [0.25, 0.3) is 0 Å². The summed E-state index contributed by atoms with van der Waals surface area (Å²) in [7, 11) is 1.72. The van der Waals surface area contributed by atoms with Crippen molar-refractivity contribution >= 4 is 21.7 Å². The Kier molecular flexibility index (Phi) is 2.17. The van der Waals surface area contributed by atoms with Gasteiger partial charge in [0.05, 0.1) is 0 Å². The van der Waals surface area contributed by atoms with Crippen LogP contribution < -0.4 is 5.32 Å². The predicted molar refractivity (Wildman–Crippen MR) is 49.4 cm³/mol. The highest BCUT2D eigenvalue weighted by atomic mass is 79.9. The van der Waals surface area contributed by atoms with Gasteiger partial charge in [0.2, 0.25) is 0 Å². The second kappa shape index (κ2) is 3.19. The van der Waals surface area contributed by atoms with E-state index in [9.17, 15) is 4.79 Å². The lowest BCUT2D eigenvalue weighted by Gasteiger charge is -2.25. The third-order valence-corrected chi connectivity index (χ3v) is 2.71. The first kappa shape index (κ1) is 8.83. The normalized spacial score (nSPS) is 17.1. The number of nitrogens with zero attached hydrogens (tertiary/aromatic N) is 3. The van der Waals surface area contributed by atoms with Gasteiger partial charge in [-0.15, -0.1) is 5.10 Å². The van der Waals surface area contributed by atoms with Crippen molar-refractivity contribution in [3.8, 4) is 0 Å². The van der Waals surface area contributed by atoms with Crippen molar-refractivity contribution in [2.75, 3.05) is 13.1 Å². The first-order chi connectivity index (χ1) is 6.20. The zero-order chi connectivity index (χ0) is 9.42. The second-order valence-electron chi connectivity index (χ2n) is 3.07. The molecule has 0 aromatic carbocycles. The fraction of sp³-hybridized carbons (Fsp3) is 0.571. The smallest absolute Gasteiger partial charge is 0.189 e.